The minimum absolute atomic E-state index is 0.0622. The first-order valence-corrected chi connectivity index (χ1v) is 8.15. The summed E-state index contributed by atoms with van der Waals surface area (Å²) in [5, 5.41) is 6.10. The van der Waals surface area contributed by atoms with E-state index < -0.39 is 0 Å². The van der Waals surface area contributed by atoms with Crippen LogP contribution in [0.25, 0.3) is 0 Å². The quantitative estimate of drug-likeness (QED) is 0.860. The Kier molecular flexibility index (Phi) is 3.92. The monoisotopic (exact) mass is 286 g/mol. The predicted octanol–water partition coefficient (Wildman–Crippen LogP) is 4.17. The van der Waals surface area contributed by atoms with E-state index in [1.807, 2.05) is 13.8 Å². The summed E-state index contributed by atoms with van der Waals surface area (Å²) in [7, 11) is 0. The summed E-state index contributed by atoms with van der Waals surface area (Å²) in [6.45, 7) is 7.01. The maximum Gasteiger partial charge on any atom is 0.319 e. The zero-order valence-electron chi connectivity index (χ0n) is 13.3. The van der Waals surface area contributed by atoms with Crippen molar-refractivity contribution < 1.29 is 4.79 Å². The second kappa shape index (κ2) is 5.70. The second-order valence-electron chi connectivity index (χ2n) is 7.04. The van der Waals surface area contributed by atoms with Crippen LogP contribution in [-0.4, -0.2) is 12.6 Å². The van der Waals surface area contributed by atoms with Crippen molar-refractivity contribution in [3.05, 3.63) is 28.8 Å². The number of amides is 2. The summed E-state index contributed by atoms with van der Waals surface area (Å²) in [6.07, 6.45) is 5.49. The summed E-state index contributed by atoms with van der Waals surface area (Å²) in [5.74, 6) is 2.50. The molecule has 3 nitrogen and oxygen atoms in total. The lowest BCUT2D eigenvalue weighted by Crippen LogP contribution is -2.35. The summed E-state index contributed by atoms with van der Waals surface area (Å²) >= 11 is 0. The Bertz CT molecular complexity index is 529. The van der Waals surface area contributed by atoms with Crippen LogP contribution < -0.4 is 10.6 Å². The number of fused-ring (bicyclic) bond motifs is 2. The molecule has 3 atom stereocenters. The van der Waals surface area contributed by atoms with Crippen LogP contribution in [0.3, 0.4) is 0 Å². The molecule has 0 aliphatic heterocycles. The Morgan fingerprint density at radius 1 is 1.14 bits per heavy atom. The molecule has 2 N–H and O–H groups in total. The topological polar surface area (TPSA) is 41.1 Å². The number of aryl methyl sites for hydroxylation is 3. The molecular weight excluding hydrogens is 260 g/mol. The lowest BCUT2D eigenvalue weighted by Gasteiger charge is -2.22. The van der Waals surface area contributed by atoms with Gasteiger partial charge in [-0.3, -0.25) is 0 Å². The molecule has 1 aromatic carbocycles. The third-order valence-corrected chi connectivity index (χ3v) is 5.32. The molecule has 2 aliphatic rings. The average molecular weight is 286 g/mol. The van der Waals surface area contributed by atoms with E-state index in [1.54, 1.807) is 0 Å². The molecule has 0 saturated heterocycles. The van der Waals surface area contributed by atoms with Gasteiger partial charge in [-0.25, -0.2) is 4.79 Å². The Hall–Kier alpha value is -1.51. The van der Waals surface area contributed by atoms with Crippen molar-refractivity contribution >= 4 is 11.7 Å². The lowest BCUT2D eigenvalue weighted by molar-refractivity contribution is 0.245. The van der Waals surface area contributed by atoms with Crippen molar-refractivity contribution in [3.8, 4) is 0 Å². The first-order valence-electron chi connectivity index (χ1n) is 8.15. The van der Waals surface area contributed by atoms with Crippen LogP contribution in [0.4, 0.5) is 10.5 Å². The third-order valence-electron chi connectivity index (χ3n) is 5.32. The lowest BCUT2D eigenvalue weighted by atomic mass is 9.89. The smallest absolute Gasteiger partial charge is 0.319 e. The molecule has 3 heteroatoms. The molecular formula is C18H26N2O. The molecule has 2 bridgehead atoms. The highest BCUT2D eigenvalue weighted by atomic mass is 16.2. The van der Waals surface area contributed by atoms with E-state index in [1.165, 1.54) is 31.2 Å². The van der Waals surface area contributed by atoms with Gasteiger partial charge in [0.15, 0.2) is 0 Å². The van der Waals surface area contributed by atoms with Crippen LogP contribution in [0.1, 0.15) is 42.4 Å². The maximum absolute atomic E-state index is 12.1. The largest absolute Gasteiger partial charge is 0.338 e. The van der Waals surface area contributed by atoms with Gasteiger partial charge in [0, 0.05) is 12.2 Å². The van der Waals surface area contributed by atoms with Crippen LogP contribution >= 0.6 is 0 Å². The second-order valence-corrected chi connectivity index (χ2v) is 7.04. The highest BCUT2D eigenvalue weighted by Crippen LogP contribution is 2.47. The Labute approximate surface area is 127 Å². The number of hydrogen-bond acceptors (Lipinski definition) is 1. The van der Waals surface area contributed by atoms with E-state index in [2.05, 4.69) is 29.7 Å². The first kappa shape index (κ1) is 14.4. The number of benzene rings is 1. The van der Waals surface area contributed by atoms with Crippen molar-refractivity contribution in [3.63, 3.8) is 0 Å². The zero-order chi connectivity index (χ0) is 15.0. The van der Waals surface area contributed by atoms with Gasteiger partial charge in [-0.15, -0.1) is 0 Å². The number of hydrogen-bond donors (Lipinski definition) is 2. The van der Waals surface area contributed by atoms with Crippen molar-refractivity contribution in [2.45, 2.75) is 46.5 Å². The van der Waals surface area contributed by atoms with Gasteiger partial charge in [0.25, 0.3) is 0 Å². The standard InChI is InChI=1S/C18H26N2O/c1-11-6-12(2)17(13(3)7-11)20-18(21)19-10-16-9-14-4-5-15(16)8-14/h6-7,14-16H,4-5,8-10H2,1-3H3,(H2,19,20,21)/t14-,15-,16-/m1/s1. The van der Waals surface area contributed by atoms with Crippen LogP contribution in [0, 0.1) is 38.5 Å². The molecule has 2 fully saturated rings. The number of urea groups is 1. The van der Waals surface area contributed by atoms with E-state index >= 15 is 0 Å². The Morgan fingerprint density at radius 2 is 1.86 bits per heavy atom. The molecule has 0 aromatic heterocycles. The van der Waals surface area contributed by atoms with Crippen LogP contribution in [0.5, 0.6) is 0 Å². The summed E-state index contributed by atoms with van der Waals surface area (Å²) in [5.41, 5.74) is 4.44. The van der Waals surface area contributed by atoms with Crippen molar-refractivity contribution in [2.75, 3.05) is 11.9 Å². The molecule has 0 unspecified atom stereocenters. The van der Waals surface area contributed by atoms with E-state index in [-0.39, 0.29) is 6.03 Å². The Balaban J connectivity index is 1.55. The Morgan fingerprint density at radius 3 is 2.43 bits per heavy atom. The molecule has 0 heterocycles. The summed E-state index contributed by atoms with van der Waals surface area (Å²) in [4.78, 5) is 12.1. The zero-order valence-corrected chi connectivity index (χ0v) is 13.3. The summed E-state index contributed by atoms with van der Waals surface area (Å²) < 4.78 is 0. The van der Waals surface area contributed by atoms with Crippen LogP contribution in [0.2, 0.25) is 0 Å². The van der Waals surface area contributed by atoms with Crippen LogP contribution in [0.15, 0.2) is 12.1 Å². The molecule has 2 saturated carbocycles. The van der Waals surface area contributed by atoms with E-state index in [0.29, 0.717) is 5.92 Å². The number of carbonyl (C=O) groups excluding carboxylic acids is 1. The van der Waals surface area contributed by atoms with Gasteiger partial charge < -0.3 is 10.6 Å². The highest BCUT2D eigenvalue weighted by Gasteiger charge is 2.39. The molecule has 114 valence electrons. The van der Waals surface area contributed by atoms with Gasteiger partial charge in [-0.05, 0) is 68.9 Å². The SMILES string of the molecule is Cc1cc(C)c(NC(=O)NC[C@H]2C[C@@H]3CC[C@@H]2C3)c(C)c1. The van der Waals surface area contributed by atoms with Crippen LogP contribution in [-0.2, 0) is 0 Å². The fourth-order valence-corrected chi connectivity index (χ4v) is 4.39. The first-order chi connectivity index (χ1) is 10.0. The minimum Gasteiger partial charge on any atom is -0.338 e. The molecule has 1 aromatic rings. The number of rotatable bonds is 3. The van der Waals surface area contributed by atoms with Crippen molar-refractivity contribution in [1.29, 1.82) is 0 Å². The molecule has 3 rings (SSSR count). The summed E-state index contributed by atoms with van der Waals surface area (Å²) in [6, 6.07) is 4.16. The normalized spacial score (nSPS) is 26.9. The van der Waals surface area contributed by atoms with E-state index in [0.717, 1.165) is 35.2 Å². The van der Waals surface area contributed by atoms with E-state index in [4.69, 9.17) is 0 Å². The number of anilines is 1. The highest BCUT2D eigenvalue weighted by molar-refractivity contribution is 5.91. The molecule has 0 radical (unpaired) electrons. The van der Waals surface area contributed by atoms with Gasteiger partial charge in [0.1, 0.15) is 0 Å². The van der Waals surface area contributed by atoms with Crippen molar-refractivity contribution in [2.24, 2.45) is 17.8 Å². The van der Waals surface area contributed by atoms with Crippen molar-refractivity contribution in [1.82, 2.24) is 5.32 Å². The van der Waals surface area contributed by atoms with Gasteiger partial charge in [-0.2, -0.15) is 0 Å². The molecule has 2 amide bonds. The fourth-order valence-electron chi connectivity index (χ4n) is 4.39. The minimum atomic E-state index is -0.0622. The number of nitrogens with one attached hydrogen (secondary N) is 2. The molecule has 21 heavy (non-hydrogen) atoms. The predicted molar refractivity (Wildman–Crippen MR) is 86.6 cm³/mol. The van der Waals surface area contributed by atoms with E-state index in [9.17, 15) is 4.79 Å². The van der Waals surface area contributed by atoms with Gasteiger partial charge in [0.2, 0.25) is 0 Å². The number of carbonyl (C=O) groups is 1. The maximum atomic E-state index is 12.1. The van der Waals surface area contributed by atoms with Gasteiger partial charge >= 0.3 is 6.03 Å². The average Bonchev–Trinajstić information content (AvgIpc) is 3.03. The molecule has 2 aliphatic carbocycles. The third kappa shape index (κ3) is 3.07. The molecule has 0 spiro atoms. The fraction of sp³-hybridized carbons (Fsp3) is 0.611. The van der Waals surface area contributed by atoms with Gasteiger partial charge in [0.05, 0.1) is 0 Å². The van der Waals surface area contributed by atoms with Gasteiger partial charge in [-0.1, -0.05) is 24.1 Å².